The van der Waals surface area contributed by atoms with Gasteiger partial charge in [-0.25, -0.2) is 4.98 Å². The molecule has 0 aromatic carbocycles. The van der Waals surface area contributed by atoms with Crippen LogP contribution < -0.4 is 9.47 Å². The molecule has 0 bridgehead atoms. The molecule has 0 saturated heterocycles. The number of nitrogens with zero attached hydrogens (tertiary/aromatic N) is 3. The van der Waals surface area contributed by atoms with Crippen molar-refractivity contribution in [3.8, 4) is 11.8 Å². The average Bonchev–Trinajstić information content (AvgIpc) is 2.46. The Kier molecular flexibility index (Phi) is 4.28. The van der Waals surface area contributed by atoms with E-state index in [9.17, 15) is 5.11 Å². The Morgan fingerprint density at radius 3 is 2.53 bits per heavy atom. The first kappa shape index (κ1) is 13.7. The lowest BCUT2D eigenvalue weighted by Gasteiger charge is -2.13. The van der Waals surface area contributed by atoms with E-state index in [4.69, 9.17) is 9.47 Å². The summed E-state index contributed by atoms with van der Waals surface area (Å²) in [7, 11) is 2.94. The summed E-state index contributed by atoms with van der Waals surface area (Å²) in [5, 5.41) is 10.3. The van der Waals surface area contributed by atoms with Gasteiger partial charge in [-0.2, -0.15) is 4.98 Å². The maximum Gasteiger partial charge on any atom is 0.241 e. The zero-order valence-corrected chi connectivity index (χ0v) is 12.0. The predicted molar refractivity (Wildman–Crippen MR) is 71.1 cm³/mol. The minimum absolute atomic E-state index is 0.205. The molecule has 0 aliphatic rings. The smallest absolute Gasteiger partial charge is 0.241 e. The molecule has 0 saturated carbocycles. The largest absolute Gasteiger partial charge is 0.480 e. The van der Waals surface area contributed by atoms with Gasteiger partial charge in [-0.3, -0.25) is 4.98 Å². The Bertz CT molecular complexity index is 563. The van der Waals surface area contributed by atoms with Crippen molar-refractivity contribution in [2.45, 2.75) is 6.10 Å². The van der Waals surface area contributed by atoms with Gasteiger partial charge in [-0.05, 0) is 28.1 Å². The molecular weight excluding hydrogens is 314 g/mol. The topological polar surface area (TPSA) is 77.4 Å². The molecule has 2 aromatic heterocycles. The first-order valence-corrected chi connectivity index (χ1v) is 6.19. The summed E-state index contributed by atoms with van der Waals surface area (Å²) in [5.74, 6) is 0.521. The standard InChI is InChI=1S/C12H12BrN3O3/c1-18-9-6-15-10(12(16-9)19-2)11(17)8-4-3-7(13)5-14-8/h3-6,11,17H,1-2H3. The maximum atomic E-state index is 10.3. The van der Waals surface area contributed by atoms with Crippen LogP contribution in [0.1, 0.15) is 17.5 Å². The fraction of sp³-hybridized carbons (Fsp3) is 0.250. The maximum absolute atomic E-state index is 10.3. The second kappa shape index (κ2) is 5.94. The molecule has 2 rings (SSSR count). The Hall–Kier alpha value is -1.73. The van der Waals surface area contributed by atoms with E-state index in [0.717, 1.165) is 4.47 Å². The van der Waals surface area contributed by atoms with Gasteiger partial charge in [0.2, 0.25) is 11.8 Å². The van der Waals surface area contributed by atoms with Gasteiger partial charge in [0.25, 0.3) is 0 Å². The zero-order valence-electron chi connectivity index (χ0n) is 10.4. The van der Waals surface area contributed by atoms with Crippen molar-refractivity contribution in [3.63, 3.8) is 0 Å². The minimum atomic E-state index is -1.01. The molecule has 19 heavy (non-hydrogen) atoms. The van der Waals surface area contributed by atoms with Crippen LogP contribution >= 0.6 is 15.9 Å². The third-order valence-corrected chi connectivity index (χ3v) is 2.91. The van der Waals surface area contributed by atoms with Crippen LogP contribution in [-0.4, -0.2) is 34.3 Å². The van der Waals surface area contributed by atoms with E-state index >= 15 is 0 Å². The number of aliphatic hydroxyl groups is 1. The van der Waals surface area contributed by atoms with Crippen LogP contribution in [0, 0.1) is 0 Å². The van der Waals surface area contributed by atoms with Gasteiger partial charge >= 0.3 is 0 Å². The molecule has 1 unspecified atom stereocenters. The van der Waals surface area contributed by atoms with E-state index in [1.54, 1.807) is 18.3 Å². The van der Waals surface area contributed by atoms with Crippen LogP contribution in [0.4, 0.5) is 0 Å². The highest BCUT2D eigenvalue weighted by molar-refractivity contribution is 9.10. The fourth-order valence-electron chi connectivity index (χ4n) is 1.49. The molecule has 1 atom stereocenters. The van der Waals surface area contributed by atoms with E-state index < -0.39 is 6.10 Å². The highest BCUT2D eigenvalue weighted by Gasteiger charge is 2.20. The zero-order chi connectivity index (χ0) is 13.8. The molecule has 2 aromatic rings. The number of ether oxygens (including phenoxy) is 2. The van der Waals surface area contributed by atoms with Crippen molar-refractivity contribution in [2.24, 2.45) is 0 Å². The summed E-state index contributed by atoms with van der Waals surface area (Å²) in [6.07, 6.45) is 2.00. The summed E-state index contributed by atoms with van der Waals surface area (Å²) in [6, 6.07) is 3.48. The summed E-state index contributed by atoms with van der Waals surface area (Å²) < 4.78 is 10.9. The normalized spacial score (nSPS) is 12.0. The molecule has 0 aliphatic heterocycles. The number of hydrogen-bond donors (Lipinski definition) is 1. The van der Waals surface area contributed by atoms with Gasteiger partial charge in [-0.1, -0.05) is 0 Å². The fourth-order valence-corrected chi connectivity index (χ4v) is 1.73. The van der Waals surface area contributed by atoms with Crippen molar-refractivity contribution in [2.75, 3.05) is 14.2 Å². The lowest BCUT2D eigenvalue weighted by Crippen LogP contribution is -2.08. The van der Waals surface area contributed by atoms with Gasteiger partial charge in [0.15, 0.2) is 0 Å². The molecule has 7 heteroatoms. The quantitative estimate of drug-likeness (QED) is 0.922. The molecular formula is C12H12BrN3O3. The van der Waals surface area contributed by atoms with Crippen molar-refractivity contribution in [1.82, 2.24) is 15.0 Å². The SMILES string of the molecule is COc1cnc(C(O)c2ccc(Br)cn2)c(OC)n1. The molecule has 1 N–H and O–H groups in total. The molecule has 0 amide bonds. The summed E-state index contributed by atoms with van der Waals surface area (Å²) >= 11 is 3.28. The molecule has 6 nitrogen and oxygen atoms in total. The molecule has 0 radical (unpaired) electrons. The number of pyridine rings is 1. The monoisotopic (exact) mass is 325 g/mol. The van der Waals surface area contributed by atoms with Gasteiger partial charge in [0.05, 0.1) is 26.1 Å². The van der Waals surface area contributed by atoms with Gasteiger partial charge in [0, 0.05) is 10.7 Å². The first-order chi connectivity index (χ1) is 9.15. The highest BCUT2D eigenvalue weighted by Crippen LogP contribution is 2.27. The number of hydrogen-bond acceptors (Lipinski definition) is 6. The van der Waals surface area contributed by atoms with Crippen LogP contribution in [0.25, 0.3) is 0 Å². The Morgan fingerprint density at radius 2 is 1.95 bits per heavy atom. The Balaban J connectivity index is 2.37. The number of rotatable bonds is 4. The van der Waals surface area contributed by atoms with Crippen molar-refractivity contribution < 1.29 is 14.6 Å². The molecule has 0 spiro atoms. The number of halogens is 1. The number of aliphatic hydroxyl groups excluding tert-OH is 1. The van der Waals surface area contributed by atoms with Crippen LogP contribution in [0.5, 0.6) is 11.8 Å². The van der Waals surface area contributed by atoms with Crippen molar-refractivity contribution >= 4 is 15.9 Å². The molecule has 100 valence electrons. The lowest BCUT2D eigenvalue weighted by molar-refractivity contribution is 0.202. The molecule has 0 aliphatic carbocycles. The van der Waals surface area contributed by atoms with Gasteiger partial charge in [0.1, 0.15) is 11.8 Å². The Labute approximate surface area is 118 Å². The molecule has 2 heterocycles. The van der Waals surface area contributed by atoms with Gasteiger partial charge in [-0.15, -0.1) is 0 Å². The highest BCUT2D eigenvalue weighted by atomic mass is 79.9. The number of aromatic nitrogens is 3. The third kappa shape index (κ3) is 2.99. The second-order valence-corrected chi connectivity index (χ2v) is 4.53. The van der Waals surface area contributed by atoms with E-state index in [2.05, 4.69) is 30.9 Å². The van der Waals surface area contributed by atoms with E-state index in [0.29, 0.717) is 11.6 Å². The third-order valence-electron chi connectivity index (χ3n) is 2.44. The Morgan fingerprint density at radius 1 is 1.16 bits per heavy atom. The van der Waals surface area contributed by atoms with E-state index in [-0.39, 0.29) is 11.6 Å². The van der Waals surface area contributed by atoms with Crippen LogP contribution in [0.15, 0.2) is 29.0 Å². The number of methoxy groups -OCH3 is 2. The van der Waals surface area contributed by atoms with E-state index in [1.807, 2.05) is 0 Å². The van der Waals surface area contributed by atoms with Crippen molar-refractivity contribution in [1.29, 1.82) is 0 Å². The van der Waals surface area contributed by atoms with Gasteiger partial charge < -0.3 is 14.6 Å². The summed E-state index contributed by atoms with van der Waals surface area (Å²) in [6.45, 7) is 0. The minimum Gasteiger partial charge on any atom is -0.480 e. The average molecular weight is 326 g/mol. The summed E-state index contributed by atoms with van der Waals surface area (Å²) in [4.78, 5) is 12.3. The molecule has 0 fully saturated rings. The van der Waals surface area contributed by atoms with Crippen molar-refractivity contribution in [3.05, 3.63) is 40.4 Å². The van der Waals surface area contributed by atoms with Crippen LogP contribution in [-0.2, 0) is 0 Å². The van der Waals surface area contributed by atoms with E-state index in [1.165, 1.54) is 20.4 Å². The van der Waals surface area contributed by atoms with Crippen LogP contribution in [0.3, 0.4) is 0 Å². The van der Waals surface area contributed by atoms with Crippen LogP contribution in [0.2, 0.25) is 0 Å². The summed E-state index contributed by atoms with van der Waals surface area (Å²) in [5.41, 5.74) is 0.749. The second-order valence-electron chi connectivity index (χ2n) is 3.61. The first-order valence-electron chi connectivity index (χ1n) is 5.40. The predicted octanol–water partition coefficient (Wildman–Crippen LogP) is 1.73. The lowest BCUT2D eigenvalue weighted by atomic mass is 10.1.